The van der Waals surface area contributed by atoms with Crippen molar-refractivity contribution < 1.29 is 10.0 Å². The number of nitrogens with one attached hydrogen (secondary N) is 1. The Hall–Kier alpha value is -0.980. The standard InChI is InChI=1S/C12H17BrN2O3/c1-12(2,8-16)7-14-6-9-3-4-10(13)5-11(9)15(17)18/h3-5,14,16H,6-8H2,1-2H3. The van der Waals surface area contributed by atoms with E-state index in [0.717, 1.165) is 0 Å². The van der Waals surface area contributed by atoms with Crippen LogP contribution in [-0.2, 0) is 6.54 Å². The van der Waals surface area contributed by atoms with E-state index < -0.39 is 0 Å². The molecule has 0 aliphatic heterocycles. The van der Waals surface area contributed by atoms with Crippen molar-refractivity contribution in [1.29, 1.82) is 0 Å². The number of rotatable bonds is 6. The van der Waals surface area contributed by atoms with Gasteiger partial charge in [-0.05, 0) is 12.1 Å². The summed E-state index contributed by atoms with van der Waals surface area (Å²) in [7, 11) is 0. The van der Waals surface area contributed by atoms with Crippen LogP contribution < -0.4 is 5.32 Å². The van der Waals surface area contributed by atoms with E-state index in [-0.39, 0.29) is 22.6 Å². The van der Waals surface area contributed by atoms with Crippen molar-refractivity contribution in [1.82, 2.24) is 5.32 Å². The Kier molecular flexibility index (Phi) is 5.25. The molecule has 0 aromatic heterocycles. The maximum Gasteiger partial charge on any atom is 0.275 e. The number of nitro benzene ring substituents is 1. The average molecular weight is 317 g/mol. The van der Waals surface area contributed by atoms with Crippen LogP contribution in [0.25, 0.3) is 0 Å². The molecule has 1 aromatic rings. The molecule has 0 heterocycles. The van der Waals surface area contributed by atoms with E-state index >= 15 is 0 Å². The van der Waals surface area contributed by atoms with Gasteiger partial charge in [-0.1, -0.05) is 29.8 Å². The van der Waals surface area contributed by atoms with Gasteiger partial charge in [-0.25, -0.2) is 0 Å². The number of nitrogens with zero attached hydrogens (tertiary/aromatic N) is 1. The summed E-state index contributed by atoms with van der Waals surface area (Å²) in [5.74, 6) is 0. The van der Waals surface area contributed by atoms with E-state index in [1.807, 2.05) is 13.8 Å². The Balaban J connectivity index is 2.70. The number of aliphatic hydroxyl groups excluding tert-OH is 1. The Morgan fingerprint density at radius 2 is 2.17 bits per heavy atom. The fourth-order valence-electron chi connectivity index (χ4n) is 1.45. The maximum atomic E-state index is 10.9. The smallest absolute Gasteiger partial charge is 0.275 e. The van der Waals surface area contributed by atoms with Crippen molar-refractivity contribution in [3.8, 4) is 0 Å². The molecule has 0 amide bonds. The monoisotopic (exact) mass is 316 g/mol. The van der Waals surface area contributed by atoms with Crippen molar-refractivity contribution in [2.45, 2.75) is 20.4 Å². The number of nitro groups is 1. The summed E-state index contributed by atoms with van der Waals surface area (Å²) in [5.41, 5.74) is 0.500. The quantitative estimate of drug-likeness (QED) is 0.624. The minimum atomic E-state index is -0.390. The first-order chi connectivity index (χ1) is 8.35. The summed E-state index contributed by atoms with van der Waals surface area (Å²) >= 11 is 3.22. The molecular formula is C12H17BrN2O3. The molecule has 1 rings (SSSR count). The lowest BCUT2D eigenvalue weighted by molar-refractivity contribution is -0.385. The second-order valence-corrected chi connectivity index (χ2v) is 5.87. The lowest BCUT2D eigenvalue weighted by Gasteiger charge is -2.21. The van der Waals surface area contributed by atoms with E-state index in [1.54, 1.807) is 12.1 Å². The van der Waals surface area contributed by atoms with Crippen LogP contribution in [0, 0.1) is 15.5 Å². The molecule has 100 valence electrons. The first kappa shape index (κ1) is 15.1. The Labute approximate surface area is 114 Å². The molecule has 0 saturated carbocycles. The highest BCUT2D eigenvalue weighted by Gasteiger charge is 2.18. The van der Waals surface area contributed by atoms with Crippen molar-refractivity contribution in [3.05, 3.63) is 38.3 Å². The number of benzene rings is 1. The van der Waals surface area contributed by atoms with Crippen molar-refractivity contribution >= 4 is 21.6 Å². The van der Waals surface area contributed by atoms with Crippen LogP contribution in [0.3, 0.4) is 0 Å². The highest BCUT2D eigenvalue weighted by molar-refractivity contribution is 9.10. The molecule has 5 nitrogen and oxygen atoms in total. The molecule has 2 N–H and O–H groups in total. The normalized spacial score (nSPS) is 11.6. The third-order valence-corrected chi connectivity index (χ3v) is 3.08. The number of hydrogen-bond donors (Lipinski definition) is 2. The third kappa shape index (κ3) is 4.36. The minimum absolute atomic E-state index is 0.0719. The first-order valence-electron chi connectivity index (χ1n) is 5.60. The van der Waals surface area contributed by atoms with Gasteiger partial charge in [-0.2, -0.15) is 0 Å². The highest BCUT2D eigenvalue weighted by atomic mass is 79.9. The maximum absolute atomic E-state index is 10.9. The van der Waals surface area contributed by atoms with Crippen LogP contribution in [0.5, 0.6) is 0 Å². The fourth-order valence-corrected chi connectivity index (χ4v) is 1.80. The summed E-state index contributed by atoms with van der Waals surface area (Å²) in [6.45, 7) is 4.93. The van der Waals surface area contributed by atoms with E-state index in [2.05, 4.69) is 21.2 Å². The zero-order valence-corrected chi connectivity index (χ0v) is 12.0. The van der Waals surface area contributed by atoms with Gasteiger partial charge in [0.2, 0.25) is 0 Å². The second kappa shape index (κ2) is 6.26. The zero-order chi connectivity index (χ0) is 13.8. The van der Waals surface area contributed by atoms with E-state index in [9.17, 15) is 10.1 Å². The summed E-state index contributed by atoms with van der Waals surface area (Å²) in [6.07, 6.45) is 0. The van der Waals surface area contributed by atoms with Gasteiger partial charge in [0, 0.05) is 41.2 Å². The molecule has 0 atom stereocenters. The Morgan fingerprint density at radius 3 is 2.72 bits per heavy atom. The van der Waals surface area contributed by atoms with Crippen molar-refractivity contribution in [2.24, 2.45) is 5.41 Å². The molecule has 1 aromatic carbocycles. The van der Waals surface area contributed by atoms with Gasteiger partial charge in [0.1, 0.15) is 0 Å². The van der Waals surface area contributed by atoms with Gasteiger partial charge in [0.05, 0.1) is 4.92 Å². The topological polar surface area (TPSA) is 75.4 Å². The SMILES string of the molecule is CC(C)(CO)CNCc1ccc(Br)cc1[N+](=O)[O-]. The highest BCUT2D eigenvalue weighted by Crippen LogP contribution is 2.23. The fraction of sp³-hybridized carbons (Fsp3) is 0.500. The summed E-state index contributed by atoms with van der Waals surface area (Å²) in [6, 6.07) is 5.00. The first-order valence-corrected chi connectivity index (χ1v) is 6.39. The number of hydrogen-bond acceptors (Lipinski definition) is 4. The minimum Gasteiger partial charge on any atom is -0.396 e. The molecule has 18 heavy (non-hydrogen) atoms. The molecule has 0 radical (unpaired) electrons. The zero-order valence-electron chi connectivity index (χ0n) is 10.4. The van der Waals surface area contributed by atoms with Gasteiger partial charge in [0.25, 0.3) is 5.69 Å². The molecule has 6 heteroatoms. The Morgan fingerprint density at radius 1 is 1.50 bits per heavy atom. The van der Waals surface area contributed by atoms with Crippen LogP contribution >= 0.6 is 15.9 Å². The van der Waals surface area contributed by atoms with Gasteiger partial charge in [-0.15, -0.1) is 0 Å². The number of halogens is 1. The Bertz CT molecular complexity index is 435. The molecule has 0 saturated heterocycles. The number of aliphatic hydroxyl groups is 1. The van der Waals surface area contributed by atoms with Gasteiger partial charge < -0.3 is 10.4 Å². The van der Waals surface area contributed by atoms with Crippen LogP contribution in [0.1, 0.15) is 19.4 Å². The van der Waals surface area contributed by atoms with Crippen LogP contribution in [0.15, 0.2) is 22.7 Å². The van der Waals surface area contributed by atoms with Gasteiger partial charge in [0.15, 0.2) is 0 Å². The van der Waals surface area contributed by atoms with E-state index in [4.69, 9.17) is 5.11 Å². The summed E-state index contributed by atoms with van der Waals surface area (Å²) in [4.78, 5) is 10.5. The molecule has 0 bridgehead atoms. The predicted octanol–water partition coefficient (Wildman–Crippen LogP) is 2.47. The van der Waals surface area contributed by atoms with Crippen LogP contribution in [0.2, 0.25) is 0 Å². The van der Waals surface area contributed by atoms with Crippen LogP contribution in [-0.4, -0.2) is 23.2 Å². The van der Waals surface area contributed by atoms with Crippen LogP contribution in [0.4, 0.5) is 5.69 Å². The third-order valence-electron chi connectivity index (χ3n) is 2.59. The molecule has 0 aliphatic rings. The largest absolute Gasteiger partial charge is 0.396 e. The van der Waals surface area contributed by atoms with Crippen molar-refractivity contribution in [2.75, 3.05) is 13.2 Å². The summed E-state index contributed by atoms with van der Waals surface area (Å²) in [5, 5.41) is 23.2. The van der Waals surface area contributed by atoms with Gasteiger partial charge in [-0.3, -0.25) is 10.1 Å². The molecule has 0 aliphatic carbocycles. The lowest BCUT2D eigenvalue weighted by Crippen LogP contribution is -2.32. The predicted molar refractivity (Wildman–Crippen MR) is 73.4 cm³/mol. The average Bonchev–Trinajstić information content (AvgIpc) is 2.30. The van der Waals surface area contributed by atoms with E-state index in [0.29, 0.717) is 23.1 Å². The molecule has 0 spiro atoms. The van der Waals surface area contributed by atoms with Gasteiger partial charge >= 0.3 is 0 Å². The van der Waals surface area contributed by atoms with E-state index in [1.165, 1.54) is 6.07 Å². The second-order valence-electron chi connectivity index (χ2n) is 4.96. The van der Waals surface area contributed by atoms with Crippen molar-refractivity contribution in [3.63, 3.8) is 0 Å². The summed E-state index contributed by atoms with van der Waals surface area (Å²) < 4.78 is 0.689. The molecule has 0 unspecified atom stereocenters. The lowest BCUT2D eigenvalue weighted by atomic mass is 9.95. The molecular weight excluding hydrogens is 300 g/mol. The molecule has 0 fully saturated rings.